The van der Waals surface area contributed by atoms with E-state index in [2.05, 4.69) is 20.4 Å². The van der Waals surface area contributed by atoms with Crippen molar-refractivity contribution in [2.75, 3.05) is 11.9 Å². The van der Waals surface area contributed by atoms with Crippen molar-refractivity contribution in [1.29, 1.82) is 0 Å². The third-order valence-corrected chi connectivity index (χ3v) is 7.87. The van der Waals surface area contributed by atoms with Gasteiger partial charge in [0.15, 0.2) is 17.5 Å². The van der Waals surface area contributed by atoms with Crippen LogP contribution in [-0.2, 0) is 26.6 Å². The topological polar surface area (TPSA) is 146 Å². The van der Waals surface area contributed by atoms with Crippen molar-refractivity contribution in [2.24, 2.45) is 12.8 Å². The highest BCUT2D eigenvalue weighted by Crippen LogP contribution is 2.36. The van der Waals surface area contributed by atoms with Gasteiger partial charge < -0.3 is 16.2 Å². The molecule has 46 heavy (non-hydrogen) atoms. The van der Waals surface area contributed by atoms with Crippen LogP contribution in [0.3, 0.4) is 0 Å². The number of aromatic nitrogens is 6. The quantitative estimate of drug-likeness (QED) is 0.199. The van der Waals surface area contributed by atoms with Gasteiger partial charge in [0.2, 0.25) is 5.95 Å². The van der Waals surface area contributed by atoms with Gasteiger partial charge in [0.25, 0.3) is 0 Å². The van der Waals surface area contributed by atoms with Gasteiger partial charge in [0, 0.05) is 48.8 Å². The van der Waals surface area contributed by atoms with E-state index in [1.54, 1.807) is 48.4 Å². The molecule has 6 rings (SSSR count). The van der Waals surface area contributed by atoms with Gasteiger partial charge in [0.1, 0.15) is 0 Å². The van der Waals surface area contributed by atoms with Crippen LogP contribution in [0.4, 0.5) is 24.8 Å². The number of fused-ring (bicyclic) bond motifs is 2. The van der Waals surface area contributed by atoms with E-state index in [0.717, 1.165) is 21.3 Å². The van der Waals surface area contributed by atoms with Gasteiger partial charge in [-0.05, 0) is 47.7 Å². The lowest BCUT2D eigenvalue weighted by atomic mass is 10.0. The number of nitrogens with one attached hydrogen (secondary N) is 1. The Labute approximate surface area is 263 Å². The number of pyridine rings is 1. The number of benzene rings is 3. The Kier molecular flexibility index (Phi) is 8.34. The molecule has 0 saturated heterocycles. The highest BCUT2D eigenvalue weighted by atomic mass is 35.5. The van der Waals surface area contributed by atoms with E-state index in [9.17, 15) is 27.9 Å². The number of rotatable bonds is 9. The first-order valence-electron chi connectivity index (χ1n) is 14.1. The maximum atomic E-state index is 14.3. The Morgan fingerprint density at radius 1 is 1.09 bits per heavy atom. The maximum Gasteiger partial charge on any atom is 0.359 e. The molecule has 15 heteroatoms. The van der Waals surface area contributed by atoms with Crippen molar-refractivity contribution in [3.05, 3.63) is 115 Å². The second-order valence-corrected chi connectivity index (χ2v) is 11.0. The third kappa shape index (κ3) is 5.50. The summed E-state index contributed by atoms with van der Waals surface area (Å²) < 4.78 is 45.7. The molecule has 11 nitrogen and oxygen atoms in total. The number of anilines is 2. The molecule has 3 heterocycles. The van der Waals surface area contributed by atoms with E-state index in [1.807, 2.05) is 0 Å². The van der Waals surface area contributed by atoms with Gasteiger partial charge in [-0.2, -0.15) is 10.1 Å². The fraction of sp³-hybridized carbons (Fsp3) is 0.194. The summed E-state index contributed by atoms with van der Waals surface area (Å²) in [5.74, 6) is -4.89. The van der Waals surface area contributed by atoms with Crippen molar-refractivity contribution in [2.45, 2.75) is 25.9 Å². The second-order valence-electron chi connectivity index (χ2n) is 10.6. The van der Waals surface area contributed by atoms with Crippen molar-refractivity contribution < 1.29 is 18.3 Å². The van der Waals surface area contributed by atoms with E-state index < -0.39 is 35.4 Å². The molecule has 0 aliphatic rings. The van der Waals surface area contributed by atoms with Crippen LogP contribution < -0.4 is 22.4 Å². The molecular formula is C31H26ClF3N8O3. The fourth-order valence-corrected chi connectivity index (χ4v) is 5.80. The molecular weight excluding hydrogens is 625 g/mol. The lowest BCUT2D eigenvalue weighted by Gasteiger charge is -2.19. The Balaban J connectivity index is 1.61. The molecule has 3 aromatic heterocycles. The van der Waals surface area contributed by atoms with E-state index in [0.29, 0.717) is 45.6 Å². The van der Waals surface area contributed by atoms with Crippen molar-refractivity contribution in [3.8, 4) is 5.69 Å². The number of halogens is 4. The van der Waals surface area contributed by atoms with Gasteiger partial charge in [-0.25, -0.2) is 27.3 Å². The van der Waals surface area contributed by atoms with E-state index in [1.165, 1.54) is 6.20 Å². The van der Waals surface area contributed by atoms with Crippen LogP contribution in [0.5, 0.6) is 0 Å². The summed E-state index contributed by atoms with van der Waals surface area (Å²) in [5.41, 5.74) is 6.12. The van der Waals surface area contributed by atoms with Crippen LogP contribution in [0.1, 0.15) is 23.1 Å². The predicted octanol–water partition coefficient (Wildman–Crippen LogP) is 4.08. The van der Waals surface area contributed by atoms with Gasteiger partial charge in [-0.3, -0.25) is 14.2 Å². The monoisotopic (exact) mass is 650 g/mol. The molecule has 6 aromatic rings. The molecule has 0 unspecified atom stereocenters. The zero-order chi connectivity index (χ0) is 32.7. The molecule has 0 spiro atoms. The van der Waals surface area contributed by atoms with Crippen LogP contribution in [0.25, 0.3) is 27.4 Å². The number of aliphatic hydroxyl groups is 1. The Hall–Kier alpha value is -5.05. The molecule has 0 aliphatic heterocycles. The van der Waals surface area contributed by atoms with Gasteiger partial charge in [0.05, 0.1) is 34.7 Å². The van der Waals surface area contributed by atoms with E-state index in [4.69, 9.17) is 17.3 Å². The molecule has 0 aliphatic carbocycles. The second kappa shape index (κ2) is 12.4. The van der Waals surface area contributed by atoms with Gasteiger partial charge in [-0.15, -0.1) is 0 Å². The summed E-state index contributed by atoms with van der Waals surface area (Å²) in [5, 5.41) is 18.9. The normalized spacial score (nSPS) is 11.5. The molecule has 3 aromatic carbocycles. The average molecular weight is 651 g/mol. The van der Waals surface area contributed by atoms with Crippen LogP contribution >= 0.6 is 11.6 Å². The van der Waals surface area contributed by atoms with Crippen LogP contribution in [0.2, 0.25) is 5.02 Å². The number of aryl methyl sites for hydroxylation is 2. The molecule has 0 fully saturated rings. The van der Waals surface area contributed by atoms with Crippen LogP contribution in [0.15, 0.2) is 64.6 Å². The van der Waals surface area contributed by atoms with Crippen LogP contribution in [0, 0.1) is 17.5 Å². The molecule has 0 radical (unpaired) electrons. The summed E-state index contributed by atoms with van der Waals surface area (Å²) in [7, 11) is 1.73. The zero-order valence-electron chi connectivity index (χ0n) is 24.3. The standard InChI is InChI=1S/C31H26ClF3N8O3/c1-41-15-20-19(6-3-7-44)28(21(32)10-24(20)40-41)38-29-39-30(45)43(25-13-37-12-18-5-2-4-17(11-36)26(18)25)31(46)42(29)14-16-8-22(33)27(35)23(34)9-16/h2,4-5,8-10,12-13,15,44H,3,6-7,11,14,36H2,1H3,(H,38,39,45). The molecule has 236 valence electrons. The van der Waals surface area contributed by atoms with Crippen molar-refractivity contribution in [1.82, 2.24) is 28.9 Å². The smallest absolute Gasteiger partial charge is 0.359 e. The number of aliphatic hydroxyl groups excluding tert-OH is 1. The Bertz CT molecular complexity index is 2240. The maximum absolute atomic E-state index is 14.3. The van der Waals surface area contributed by atoms with Crippen molar-refractivity contribution >= 4 is 44.9 Å². The lowest BCUT2D eigenvalue weighted by molar-refractivity contribution is 0.289. The third-order valence-electron chi connectivity index (χ3n) is 7.57. The molecule has 0 saturated carbocycles. The first-order chi connectivity index (χ1) is 22.1. The van der Waals surface area contributed by atoms with Gasteiger partial charge in [-0.1, -0.05) is 29.8 Å². The summed E-state index contributed by atoms with van der Waals surface area (Å²) in [6.45, 7) is -0.564. The first-order valence-corrected chi connectivity index (χ1v) is 14.4. The van der Waals surface area contributed by atoms with Crippen LogP contribution in [-0.4, -0.2) is 40.6 Å². The summed E-state index contributed by atoms with van der Waals surface area (Å²) in [6.07, 6.45) is 5.32. The SMILES string of the molecule is Cn1cc2c(CCCO)c(Nc3nc(=O)n(-c4cncc5cccc(CN)c45)c(=O)n3Cc3cc(F)c(F)c(F)c3)c(Cl)cc2n1. The molecule has 4 N–H and O–H groups in total. The highest BCUT2D eigenvalue weighted by Gasteiger charge is 2.22. The zero-order valence-corrected chi connectivity index (χ0v) is 25.0. The number of hydrogen-bond donors (Lipinski definition) is 3. The summed E-state index contributed by atoms with van der Waals surface area (Å²) >= 11 is 6.69. The highest BCUT2D eigenvalue weighted by molar-refractivity contribution is 6.34. The predicted molar refractivity (Wildman–Crippen MR) is 167 cm³/mol. The minimum atomic E-state index is -1.67. The fourth-order valence-electron chi connectivity index (χ4n) is 5.53. The number of nitrogens with zero attached hydrogens (tertiary/aromatic N) is 6. The van der Waals surface area contributed by atoms with Gasteiger partial charge >= 0.3 is 11.4 Å². The van der Waals surface area contributed by atoms with E-state index >= 15 is 0 Å². The minimum Gasteiger partial charge on any atom is -0.396 e. The Morgan fingerprint density at radius 3 is 2.57 bits per heavy atom. The number of nitrogens with two attached hydrogens (primary N) is 1. The molecule has 0 bridgehead atoms. The summed E-state index contributed by atoms with van der Waals surface area (Å²) in [6, 6.07) is 8.33. The number of hydrogen-bond acceptors (Lipinski definition) is 8. The summed E-state index contributed by atoms with van der Waals surface area (Å²) in [4.78, 5) is 36.4. The first kappa shape index (κ1) is 31.0. The largest absolute Gasteiger partial charge is 0.396 e. The Morgan fingerprint density at radius 2 is 1.85 bits per heavy atom. The lowest BCUT2D eigenvalue weighted by Crippen LogP contribution is -2.42. The minimum absolute atomic E-state index is 0.0877. The average Bonchev–Trinajstić information content (AvgIpc) is 3.40. The molecule has 0 amide bonds. The van der Waals surface area contributed by atoms with Crippen molar-refractivity contribution in [3.63, 3.8) is 0 Å². The molecule has 0 atom stereocenters. The van der Waals surface area contributed by atoms with E-state index in [-0.39, 0.29) is 41.1 Å².